The highest BCUT2D eigenvalue weighted by atomic mass is 79.9. The van der Waals surface area contributed by atoms with Crippen LogP contribution in [0.15, 0.2) is 52.3 Å². The number of morpholine rings is 1. The summed E-state index contributed by atoms with van der Waals surface area (Å²) in [5, 5.41) is 0. The summed E-state index contributed by atoms with van der Waals surface area (Å²) in [6.45, 7) is 9.21. The number of sulfonamides is 1. The van der Waals surface area contributed by atoms with Crippen LogP contribution in [0, 0.1) is 16.5 Å². The van der Waals surface area contributed by atoms with Gasteiger partial charge < -0.3 is 9.64 Å². The van der Waals surface area contributed by atoms with Gasteiger partial charge in [-0.2, -0.15) is 0 Å². The average molecular weight is 661 g/mol. The Balaban J connectivity index is 1.48. The van der Waals surface area contributed by atoms with Crippen LogP contribution in [0.5, 0.6) is 0 Å². The third kappa shape index (κ3) is 6.81. The van der Waals surface area contributed by atoms with E-state index in [0.29, 0.717) is 25.0 Å². The van der Waals surface area contributed by atoms with Gasteiger partial charge in [0.2, 0.25) is 0 Å². The predicted octanol–water partition coefficient (Wildman–Crippen LogP) is 4.95. The van der Waals surface area contributed by atoms with Crippen molar-refractivity contribution in [1.29, 1.82) is 4.78 Å². The number of alkyl halides is 1. The van der Waals surface area contributed by atoms with Crippen LogP contribution in [-0.4, -0.2) is 78.8 Å². The van der Waals surface area contributed by atoms with E-state index in [1.54, 1.807) is 6.07 Å². The molecule has 2 saturated heterocycles. The lowest BCUT2D eigenvalue weighted by molar-refractivity contribution is -0.100. The van der Waals surface area contributed by atoms with Crippen LogP contribution >= 0.6 is 15.9 Å². The fourth-order valence-corrected chi connectivity index (χ4v) is 8.24. The Kier molecular flexibility index (Phi) is 9.23. The lowest BCUT2D eigenvalue weighted by Crippen LogP contribution is -2.55. The summed E-state index contributed by atoms with van der Waals surface area (Å²) >= 11 is 3.69. The molecule has 2 aromatic carbocycles. The Labute approximate surface area is 246 Å². The summed E-state index contributed by atoms with van der Waals surface area (Å²) in [6.07, 6.45) is 1.83. The van der Waals surface area contributed by atoms with Gasteiger partial charge in [0.05, 0.1) is 27.3 Å². The first kappa shape index (κ1) is 31.2. The van der Waals surface area contributed by atoms with Crippen LogP contribution < -0.4 is 9.62 Å². The summed E-state index contributed by atoms with van der Waals surface area (Å²) in [5.74, 6) is -0.0659. The highest BCUT2D eigenvalue weighted by molar-refractivity contribution is 9.10. The van der Waals surface area contributed by atoms with E-state index in [-0.39, 0.29) is 31.8 Å². The number of benzene rings is 2. The Morgan fingerprint density at radius 3 is 2.30 bits per heavy atom. The van der Waals surface area contributed by atoms with Crippen molar-refractivity contribution >= 4 is 47.2 Å². The number of piperidine rings is 1. The van der Waals surface area contributed by atoms with E-state index in [2.05, 4.69) is 39.4 Å². The van der Waals surface area contributed by atoms with Crippen molar-refractivity contribution in [2.24, 2.45) is 5.92 Å². The molecule has 0 spiro atoms. The maximum atomic E-state index is 15.2. The van der Waals surface area contributed by atoms with E-state index >= 15 is 4.39 Å². The molecule has 4 rings (SSSR count). The zero-order valence-electron chi connectivity index (χ0n) is 23.6. The fraction of sp³-hybridized carbons (Fsp3) is 0.556. The van der Waals surface area contributed by atoms with Gasteiger partial charge in [-0.15, -0.1) is 0 Å². The van der Waals surface area contributed by atoms with Crippen molar-refractivity contribution in [2.45, 2.75) is 60.1 Å². The molecular weight excluding hydrogens is 621 g/mol. The quantitative estimate of drug-likeness (QED) is 0.389. The molecule has 222 valence electrons. The number of anilines is 2. The largest absolute Gasteiger partial charge is 0.367 e. The number of nitrogens with zero attached hydrogens (tertiary/aromatic N) is 3. The SMILES string of the molecule is CC(C1CCN(c2c(F)cccc2NS(=O)(=O)c2ccc(S(=N)(=O)N(C)C)cc2)CC1)N1C[C@@H](C)O[C@@](C)(Br)C1. The normalized spacial score (nSPS) is 25.5. The predicted molar refractivity (Wildman–Crippen MR) is 160 cm³/mol. The van der Waals surface area contributed by atoms with Gasteiger partial charge in [-0.05, 0) is 75.9 Å². The van der Waals surface area contributed by atoms with E-state index in [9.17, 15) is 12.6 Å². The number of nitrogens with one attached hydrogen (secondary N) is 2. The standard InChI is InChI=1S/C27H39BrFN5O4S2/c1-19-17-34(18-27(3,28)38-19)20(2)21-13-15-33(16-14-21)26-24(29)7-6-8-25(26)31-40(36,37)23-11-9-22(10-12-23)39(30,35)32(4)5/h6-12,19-21,30-31H,13-18H2,1-5H3/t19-,20?,27-,39?/m1/s1. The average Bonchev–Trinajstić information content (AvgIpc) is 2.87. The number of ether oxygens (including phenoxy) is 1. The van der Waals surface area contributed by atoms with E-state index in [0.717, 1.165) is 25.9 Å². The summed E-state index contributed by atoms with van der Waals surface area (Å²) in [5.41, 5.74) is 0.411. The zero-order valence-corrected chi connectivity index (χ0v) is 26.8. The summed E-state index contributed by atoms with van der Waals surface area (Å²) in [4.78, 5) is 4.51. The van der Waals surface area contributed by atoms with E-state index in [1.165, 1.54) is 54.8 Å². The number of hydrogen-bond donors (Lipinski definition) is 2. The fourth-order valence-electron chi connectivity index (χ4n) is 5.60. The van der Waals surface area contributed by atoms with Crippen LogP contribution in [0.2, 0.25) is 0 Å². The van der Waals surface area contributed by atoms with Crippen LogP contribution in [-0.2, 0) is 24.7 Å². The molecule has 0 saturated carbocycles. The number of rotatable bonds is 8. The lowest BCUT2D eigenvalue weighted by atomic mass is 9.88. The molecule has 2 fully saturated rings. The molecule has 9 nitrogen and oxygen atoms in total. The highest BCUT2D eigenvalue weighted by Crippen LogP contribution is 2.37. The molecular formula is C27H39BrFN5O4S2. The zero-order chi connectivity index (χ0) is 29.5. The Morgan fingerprint density at radius 2 is 1.73 bits per heavy atom. The van der Waals surface area contributed by atoms with Gasteiger partial charge in [0.15, 0.2) is 0 Å². The van der Waals surface area contributed by atoms with Gasteiger partial charge in [0.25, 0.3) is 10.0 Å². The minimum Gasteiger partial charge on any atom is -0.367 e. The molecule has 2 aliphatic heterocycles. The molecule has 0 radical (unpaired) electrons. The first-order valence-electron chi connectivity index (χ1n) is 13.3. The van der Waals surface area contributed by atoms with Gasteiger partial charge in [-0.3, -0.25) is 9.62 Å². The minimum atomic E-state index is -4.06. The van der Waals surface area contributed by atoms with Crippen LogP contribution in [0.4, 0.5) is 15.8 Å². The van der Waals surface area contributed by atoms with Gasteiger partial charge in [0, 0.05) is 46.3 Å². The van der Waals surface area contributed by atoms with Crippen molar-refractivity contribution < 1.29 is 21.8 Å². The summed E-state index contributed by atoms with van der Waals surface area (Å²) in [7, 11) is -4.21. The molecule has 2 heterocycles. The molecule has 2 unspecified atom stereocenters. The van der Waals surface area contributed by atoms with Gasteiger partial charge in [-0.1, -0.05) is 22.0 Å². The second-order valence-corrected chi connectivity index (χ2v) is 16.7. The van der Waals surface area contributed by atoms with Crippen LogP contribution in [0.1, 0.15) is 33.6 Å². The van der Waals surface area contributed by atoms with E-state index in [1.807, 2.05) is 11.8 Å². The van der Waals surface area contributed by atoms with E-state index < -0.39 is 25.8 Å². The molecule has 2 N–H and O–H groups in total. The molecule has 0 amide bonds. The molecule has 0 bridgehead atoms. The van der Waals surface area contributed by atoms with Crippen molar-refractivity contribution in [1.82, 2.24) is 9.21 Å². The van der Waals surface area contributed by atoms with E-state index in [4.69, 9.17) is 9.52 Å². The second kappa shape index (κ2) is 11.8. The maximum Gasteiger partial charge on any atom is 0.261 e. The Bertz CT molecular complexity index is 1410. The summed E-state index contributed by atoms with van der Waals surface area (Å²) in [6, 6.07) is 10.1. The first-order chi connectivity index (χ1) is 18.6. The topological polar surface area (TPSA) is 106 Å². The van der Waals surface area contributed by atoms with Gasteiger partial charge >= 0.3 is 0 Å². The minimum absolute atomic E-state index is 0.0634. The van der Waals surface area contributed by atoms with Crippen LogP contribution in [0.3, 0.4) is 0 Å². The van der Waals surface area contributed by atoms with Gasteiger partial charge in [-0.25, -0.2) is 26.1 Å². The molecule has 2 aliphatic rings. The summed E-state index contributed by atoms with van der Waals surface area (Å²) < 4.78 is 71.7. The molecule has 13 heteroatoms. The van der Waals surface area contributed by atoms with Gasteiger partial charge in [0.1, 0.15) is 20.2 Å². The second-order valence-electron chi connectivity index (χ2n) is 11.1. The highest BCUT2D eigenvalue weighted by Gasteiger charge is 2.38. The molecule has 40 heavy (non-hydrogen) atoms. The monoisotopic (exact) mass is 659 g/mol. The maximum absolute atomic E-state index is 15.2. The Hall–Kier alpha value is -1.77. The number of para-hydroxylation sites is 1. The van der Waals surface area contributed by atoms with Crippen molar-refractivity contribution in [2.75, 3.05) is 49.9 Å². The molecule has 4 atom stereocenters. The van der Waals surface area contributed by atoms with Crippen LogP contribution in [0.25, 0.3) is 0 Å². The number of hydrogen-bond acceptors (Lipinski definition) is 7. The molecule has 0 aliphatic carbocycles. The van der Waals surface area contributed by atoms with Crippen molar-refractivity contribution in [3.63, 3.8) is 0 Å². The third-order valence-electron chi connectivity index (χ3n) is 7.74. The lowest BCUT2D eigenvalue weighted by Gasteiger charge is -2.46. The molecule has 0 aromatic heterocycles. The molecule has 2 aromatic rings. The first-order valence-corrected chi connectivity index (χ1v) is 17.1. The Morgan fingerprint density at radius 1 is 1.12 bits per heavy atom. The van der Waals surface area contributed by atoms with Crippen molar-refractivity contribution in [3.05, 3.63) is 48.3 Å². The number of halogens is 2. The van der Waals surface area contributed by atoms with Crippen molar-refractivity contribution in [3.8, 4) is 0 Å². The third-order valence-corrected chi connectivity index (χ3v) is 11.5. The smallest absolute Gasteiger partial charge is 0.261 e.